The lowest BCUT2D eigenvalue weighted by Crippen LogP contribution is -2.18. The van der Waals surface area contributed by atoms with Crippen molar-refractivity contribution in [1.82, 2.24) is 9.88 Å². The Kier molecular flexibility index (Phi) is 3.88. The zero-order valence-electron chi connectivity index (χ0n) is 11.9. The Labute approximate surface area is 115 Å². The zero-order valence-corrected chi connectivity index (χ0v) is 11.9. The van der Waals surface area contributed by atoms with Crippen LogP contribution in [0.2, 0.25) is 0 Å². The topological polar surface area (TPSA) is 17.0 Å². The second kappa shape index (κ2) is 5.79. The molecule has 0 saturated heterocycles. The fourth-order valence-corrected chi connectivity index (χ4v) is 2.73. The molecule has 3 rings (SSSR count). The lowest BCUT2D eigenvalue weighted by Gasteiger charge is -2.11. The van der Waals surface area contributed by atoms with Gasteiger partial charge in [-0.25, -0.2) is 0 Å². The van der Waals surface area contributed by atoms with Crippen LogP contribution in [0.25, 0.3) is 10.9 Å². The van der Waals surface area contributed by atoms with E-state index < -0.39 is 0 Å². The summed E-state index contributed by atoms with van der Waals surface area (Å²) >= 11 is 0. The van der Waals surface area contributed by atoms with Gasteiger partial charge in [-0.15, -0.1) is 0 Å². The summed E-state index contributed by atoms with van der Waals surface area (Å²) in [5, 5.41) is 5.02. The van der Waals surface area contributed by atoms with Gasteiger partial charge in [0.1, 0.15) is 0 Å². The van der Waals surface area contributed by atoms with E-state index in [0.717, 1.165) is 19.1 Å². The van der Waals surface area contributed by atoms with Crippen LogP contribution in [0.15, 0.2) is 30.3 Å². The first-order chi connectivity index (χ1) is 9.38. The third-order valence-corrected chi connectivity index (χ3v) is 4.03. The van der Waals surface area contributed by atoms with E-state index in [4.69, 9.17) is 0 Å². The first-order valence-electron chi connectivity index (χ1n) is 7.69. The Bertz CT molecular complexity index is 537. The predicted octanol–water partition coefficient (Wildman–Crippen LogP) is 4.08. The molecule has 1 aromatic carbocycles. The van der Waals surface area contributed by atoms with E-state index in [1.165, 1.54) is 48.7 Å². The number of rotatable bonds is 7. The van der Waals surface area contributed by atoms with Crippen molar-refractivity contribution in [2.24, 2.45) is 0 Å². The third kappa shape index (κ3) is 3.01. The highest BCUT2D eigenvalue weighted by atomic mass is 15.0. The van der Waals surface area contributed by atoms with Crippen LogP contribution < -0.4 is 5.32 Å². The van der Waals surface area contributed by atoms with Gasteiger partial charge in [0.05, 0.1) is 0 Å². The Hall–Kier alpha value is -1.28. The molecule has 1 fully saturated rings. The Morgan fingerprint density at radius 3 is 2.84 bits per heavy atom. The largest absolute Gasteiger partial charge is 0.343 e. The van der Waals surface area contributed by atoms with Crippen LogP contribution in [-0.2, 0) is 13.1 Å². The molecule has 0 amide bonds. The second-order valence-electron chi connectivity index (χ2n) is 5.71. The number of nitrogens with one attached hydrogen (secondary N) is 1. The van der Waals surface area contributed by atoms with Crippen molar-refractivity contribution < 1.29 is 0 Å². The van der Waals surface area contributed by atoms with Crippen LogP contribution in [0.4, 0.5) is 0 Å². The van der Waals surface area contributed by atoms with Gasteiger partial charge >= 0.3 is 0 Å². The van der Waals surface area contributed by atoms with E-state index in [9.17, 15) is 0 Å². The molecule has 1 aliphatic carbocycles. The van der Waals surface area contributed by atoms with Gasteiger partial charge in [-0.3, -0.25) is 0 Å². The first-order valence-corrected chi connectivity index (χ1v) is 7.69. The van der Waals surface area contributed by atoms with Crippen molar-refractivity contribution in [3.8, 4) is 0 Å². The highest BCUT2D eigenvalue weighted by Crippen LogP contribution is 2.23. The third-order valence-electron chi connectivity index (χ3n) is 4.03. The molecule has 102 valence electrons. The van der Waals surface area contributed by atoms with E-state index in [1.54, 1.807) is 0 Å². The van der Waals surface area contributed by atoms with Gasteiger partial charge in [-0.05, 0) is 36.8 Å². The summed E-state index contributed by atoms with van der Waals surface area (Å²) in [6.07, 6.45) is 6.61. The SMILES string of the molecule is CCCCCn1c(CNC2CC2)cc2ccccc21. The van der Waals surface area contributed by atoms with E-state index >= 15 is 0 Å². The average Bonchev–Trinajstić information content (AvgIpc) is 3.20. The smallest absolute Gasteiger partial charge is 0.0482 e. The minimum atomic E-state index is 0.780. The Morgan fingerprint density at radius 2 is 2.05 bits per heavy atom. The summed E-state index contributed by atoms with van der Waals surface area (Å²) in [5.41, 5.74) is 2.84. The van der Waals surface area contributed by atoms with Crippen LogP contribution in [0.5, 0.6) is 0 Å². The van der Waals surface area contributed by atoms with Crippen molar-refractivity contribution in [3.63, 3.8) is 0 Å². The van der Waals surface area contributed by atoms with Gasteiger partial charge in [-0.2, -0.15) is 0 Å². The van der Waals surface area contributed by atoms with E-state index in [1.807, 2.05) is 0 Å². The molecule has 2 heteroatoms. The van der Waals surface area contributed by atoms with E-state index in [2.05, 4.69) is 47.1 Å². The molecule has 0 bridgehead atoms. The summed E-state index contributed by atoms with van der Waals surface area (Å²) < 4.78 is 2.51. The number of benzene rings is 1. The summed E-state index contributed by atoms with van der Waals surface area (Å²) in [6.45, 7) is 4.44. The van der Waals surface area contributed by atoms with Gasteiger partial charge in [-0.1, -0.05) is 38.0 Å². The van der Waals surface area contributed by atoms with Gasteiger partial charge in [0, 0.05) is 30.3 Å². The molecule has 1 saturated carbocycles. The summed E-state index contributed by atoms with van der Waals surface area (Å²) in [7, 11) is 0. The zero-order chi connectivity index (χ0) is 13.1. The number of aryl methyl sites for hydroxylation is 1. The van der Waals surface area contributed by atoms with Gasteiger partial charge in [0.25, 0.3) is 0 Å². The maximum atomic E-state index is 3.64. The van der Waals surface area contributed by atoms with Crippen molar-refractivity contribution in [2.75, 3.05) is 0 Å². The van der Waals surface area contributed by atoms with Crippen LogP contribution in [0.3, 0.4) is 0 Å². The van der Waals surface area contributed by atoms with Crippen molar-refractivity contribution in [1.29, 1.82) is 0 Å². The lowest BCUT2D eigenvalue weighted by atomic mass is 10.2. The van der Waals surface area contributed by atoms with E-state index in [-0.39, 0.29) is 0 Å². The Morgan fingerprint density at radius 1 is 1.21 bits per heavy atom. The highest BCUT2D eigenvalue weighted by molar-refractivity contribution is 5.81. The maximum Gasteiger partial charge on any atom is 0.0482 e. The number of hydrogen-bond donors (Lipinski definition) is 1. The first kappa shape index (κ1) is 12.7. The number of hydrogen-bond acceptors (Lipinski definition) is 1. The maximum absolute atomic E-state index is 3.64. The van der Waals surface area contributed by atoms with E-state index in [0.29, 0.717) is 0 Å². The number of para-hydroxylation sites is 1. The van der Waals surface area contributed by atoms with Gasteiger partial charge in [0.2, 0.25) is 0 Å². The molecular formula is C17H24N2. The monoisotopic (exact) mass is 256 g/mol. The Balaban J connectivity index is 1.81. The molecule has 0 aliphatic heterocycles. The molecule has 2 aromatic rings. The standard InChI is InChI=1S/C17H24N2/c1-2-3-6-11-19-16(13-18-15-9-10-15)12-14-7-4-5-8-17(14)19/h4-5,7-8,12,15,18H,2-3,6,9-11,13H2,1H3. The fraction of sp³-hybridized carbons (Fsp3) is 0.529. The fourth-order valence-electron chi connectivity index (χ4n) is 2.73. The number of unbranched alkanes of at least 4 members (excludes halogenated alkanes) is 2. The molecule has 19 heavy (non-hydrogen) atoms. The van der Waals surface area contributed by atoms with Gasteiger partial charge in [0.15, 0.2) is 0 Å². The molecule has 1 N–H and O–H groups in total. The predicted molar refractivity (Wildman–Crippen MR) is 81.3 cm³/mol. The summed E-state index contributed by atoms with van der Waals surface area (Å²) in [6, 6.07) is 11.9. The summed E-state index contributed by atoms with van der Waals surface area (Å²) in [5.74, 6) is 0. The molecule has 1 aromatic heterocycles. The highest BCUT2D eigenvalue weighted by Gasteiger charge is 2.20. The molecule has 0 atom stereocenters. The molecular weight excluding hydrogens is 232 g/mol. The van der Waals surface area contributed by atoms with Crippen molar-refractivity contribution >= 4 is 10.9 Å². The number of nitrogens with zero attached hydrogens (tertiary/aromatic N) is 1. The van der Waals surface area contributed by atoms with Crippen LogP contribution in [0, 0.1) is 0 Å². The number of fused-ring (bicyclic) bond motifs is 1. The molecule has 2 nitrogen and oxygen atoms in total. The minimum Gasteiger partial charge on any atom is -0.343 e. The van der Waals surface area contributed by atoms with Gasteiger partial charge < -0.3 is 9.88 Å². The lowest BCUT2D eigenvalue weighted by molar-refractivity contribution is 0.575. The van der Waals surface area contributed by atoms with Crippen molar-refractivity contribution in [2.45, 2.75) is 58.2 Å². The van der Waals surface area contributed by atoms with Crippen LogP contribution >= 0.6 is 0 Å². The van der Waals surface area contributed by atoms with Crippen molar-refractivity contribution in [3.05, 3.63) is 36.0 Å². The summed E-state index contributed by atoms with van der Waals surface area (Å²) in [4.78, 5) is 0. The normalized spacial score (nSPS) is 15.2. The number of aromatic nitrogens is 1. The average molecular weight is 256 g/mol. The second-order valence-corrected chi connectivity index (χ2v) is 5.71. The molecule has 0 spiro atoms. The van der Waals surface area contributed by atoms with Crippen LogP contribution in [0.1, 0.15) is 44.7 Å². The minimum absolute atomic E-state index is 0.780. The molecule has 1 aliphatic rings. The molecule has 0 radical (unpaired) electrons. The molecule has 1 heterocycles. The quantitative estimate of drug-likeness (QED) is 0.738. The van der Waals surface area contributed by atoms with Crippen LogP contribution in [-0.4, -0.2) is 10.6 Å². The molecule has 0 unspecified atom stereocenters.